The molecule has 7 atom stereocenters. The third kappa shape index (κ3) is 69.5. The second-order valence-electron chi connectivity index (χ2n) is 29.5. The van der Waals surface area contributed by atoms with Crippen molar-refractivity contribution in [3.05, 3.63) is 0 Å². The number of rotatable bonds is 75. The van der Waals surface area contributed by atoms with Gasteiger partial charge in [0.2, 0.25) is 0 Å². The van der Waals surface area contributed by atoms with Gasteiger partial charge in [-0.3, -0.25) is 37.3 Å². The SMILES string of the molecule is CCC(C)CCCCCCCCCCCCCCCCCCCCC(=O)O[C@H](COC(=O)CCCCCCCCCCCC(C)C)COP(=O)(O)OCC(O)COP(=O)(O)OC[C@@H](COC(=O)CCCCCCCCCCC(C)C)OC(=O)CCCCCCCCCCC(C)CC. The number of phosphoric acid groups is 2. The Bertz CT molecular complexity index is 1910. The van der Waals surface area contributed by atoms with Crippen molar-refractivity contribution in [2.24, 2.45) is 23.7 Å². The smallest absolute Gasteiger partial charge is 0.462 e. The molecule has 0 radical (unpaired) electrons. The summed E-state index contributed by atoms with van der Waals surface area (Å²) in [5.41, 5.74) is 0. The molecule has 0 aromatic carbocycles. The molecule has 0 aliphatic heterocycles. The van der Waals surface area contributed by atoms with Gasteiger partial charge in [-0.05, 0) is 49.4 Å². The number of ether oxygens (including phenoxy) is 4. The molecule has 0 rings (SSSR count). The van der Waals surface area contributed by atoms with Gasteiger partial charge in [0.1, 0.15) is 19.3 Å². The highest BCUT2D eigenvalue weighted by molar-refractivity contribution is 7.47. The van der Waals surface area contributed by atoms with Gasteiger partial charge >= 0.3 is 39.5 Å². The first-order valence-corrected chi connectivity index (χ1v) is 43.3. The molecule has 17 nitrogen and oxygen atoms in total. The number of aliphatic hydroxyl groups excluding tert-OH is 1. The van der Waals surface area contributed by atoms with E-state index in [1.54, 1.807) is 0 Å². The zero-order valence-electron chi connectivity index (χ0n) is 63.7. The molecule has 19 heteroatoms. The molecule has 0 aromatic rings. The second kappa shape index (κ2) is 67.2. The summed E-state index contributed by atoms with van der Waals surface area (Å²) in [4.78, 5) is 72.8. The first-order valence-electron chi connectivity index (χ1n) is 40.3. The summed E-state index contributed by atoms with van der Waals surface area (Å²) in [5.74, 6) is 0.989. The minimum absolute atomic E-state index is 0.104. The first-order chi connectivity index (χ1) is 46.7. The zero-order valence-corrected chi connectivity index (χ0v) is 65.5. The third-order valence-corrected chi connectivity index (χ3v) is 20.7. The van der Waals surface area contributed by atoms with E-state index < -0.39 is 97.5 Å². The van der Waals surface area contributed by atoms with E-state index in [1.165, 1.54) is 199 Å². The van der Waals surface area contributed by atoms with E-state index in [0.29, 0.717) is 25.7 Å². The minimum atomic E-state index is -4.96. The number of hydrogen-bond donors (Lipinski definition) is 3. The molecule has 3 N–H and O–H groups in total. The van der Waals surface area contributed by atoms with Gasteiger partial charge in [-0.1, -0.05) is 344 Å². The molecule has 0 heterocycles. The van der Waals surface area contributed by atoms with Crippen molar-refractivity contribution in [2.45, 2.75) is 414 Å². The summed E-state index contributed by atoms with van der Waals surface area (Å²) in [5, 5.41) is 10.6. The van der Waals surface area contributed by atoms with Crippen molar-refractivity contribution in [1.82, 2.24) is 0 Å². The van der Waals surface area contributed by atoms with Gasteiger partial charge in [-0.2, -0.15) is 0 Å². The van der Waals surface area contributed by atoms with Crippen LogP contribution >= 0.6 is 15.6 Å². The number of aliphatic hydroxyl groups is 1. The molecule has 0 saturated carbocycles. The molecule has 0 aromatic heterocycles. The van der Waals surface area contributed by atoms with Crippen LogP contribution in [0.4, 0.5) is 0 Å². The van der Waals surface area contributed by atoms with Crippen LogP contribution in [0.5, 0.6) is 0 Å². The molecule has 5 unspecified atom stereocenters. The van der Waals surface area contributed by atoms with Crippen molar-refractivity contribution < 1.29 is 80.2 Å². The molecule has 0 saturated heterocycles. The van der Waals surface area contributed by atoms with Crippen LogP contribution in [-0.4, -0.2) is 96.7 Å². The highest BCUT2D eigenvalue weighted by Crippen LogP contribution is 2.45. The predicted molar refractivity (Wildman–Crippen MR) is 395 cm³/mol. The Kier molecular flexibility index (Phi) is 65.9. The maximum Gasteiger partial charge on any atom is 0.472 e. The van der Waals surface area contributed by atoms with Crippen LogP contribution in [0.3, 0.4) is 0 Å². The molecular weight excluding hydrogens is 1270 g/mol. The summed E-state index contributed by atoms with van der Waals surface area (Å²) in [6.45, 7) is 14.2. The lowest BCUT2D eigenvalue weighted by Gasteiger charge is -2.21. The normalized spacial score (nSPS) is 14.6. The minimum Gasteiger partial charge on any atom is -0.462 e. The topological polar surface area (TPSA) is 237 Å². The fourth-order valence-electron chi connectivity index (χ4n) is 11.8. The van der Waals surface area contributed by atoms with Gasteiger partial charge in [0.05, 0.1) is 26.4 Å². The standard InChI is InChI=1S/C78H152O17P2/c1-9-70(7)56-48-40-32-23-19-17-15-13-11-12-14-16-18-20-24-36-44-52-60-77(82)94-73(64-88-75(80)58-50-42-34-25-21-22-30-38-46-54-68(3)4)66-92-96(84,85)90-62-72(79)63-91-97(86,87)93-67-74(65-89-76(81)59-51-43-35-28-26-31-39-47-55-69(5)6)95-78(83)61-53-45-37-29-27-33-41-49-57-71(8)10-2/h68-74,79H,9-67H2,1-8H3,(H,84,85)(H,86,87)/t70?,71?,72?,73-,74-/m1/s1. The number of carbonyl (C=O) groups excluding carboxylic acids is 4. The Morgan fingerprint density at radius 2 is 0.495 bits per heavy atom. The molecule has 0 amide bonds. The van der Waals surface area contributed by atoms with Gasteiger partial charge in [-0.25, -0.2) is 9.13 Å². The van der Waals surface area contributed by atoms with E-state index in [9.17, 15) is 43.2 Å². The van der Waals surface area contributed by atoms with Crippen molar-refractivity contribution in [3.8, 4) is 0 Å². The average molecular weight is 1420 g/mol. The Hall–Kier alpha value is -1.94. The van der Waals surface area contributed by atoms with E-state index in [0.717, 1.165) is 114 Å². The highest BCUT2D eigenvalue weighted by atomic mass is 31.2. The molecule has 97 heavy (non-hydrogen) atoms. The van der Waals surface area contributed by atoms with Crippen LogP contribution in [0.2, 0.25) is 0 Å². The largest absolute Gasteiger partial charge is 0.472 e. The van der Waals surface area contributed by atoms with E-state index in [1.807, 2.05) is 0 Å². The van der Waals surface area contributed by atoms with E-state index in [2.05, 4.69) is 55.4 Å². The molecule has 0 aliphatic rings. The summed E-state index contributed by atoms with van der Waals surface area (Å²) in [6.07, 6.45) is 52.8. The highest BCUT2D eigenvalue weighted by Gasteiger charge is 2.30. The number of esters is 4. The number of unbranched alkanes of at least 4 members (excludes halogenated alkanes) is 39. The lowest BCUT2D eigenvalue weighted by molar-refractivity contribution is -0.161. The summed E-state index contributed by atoms with van der Waals surface area (Å²) in [7, 11) is -9.92. The molecule has 0 spiro atoms. The van der Waals surface area contributed by atoms with Crippen LogP contribution in [-0.2, 0) is 65.4 Å². The number of hydrogen-bond acceptors (Lipinski definition) is 15. The molecule has 0 aliphatic carbocycles. The Labute approximate surface area is 594 Å². The first kappa shape index (κ1) is 95.1. The maximum absolute atomic E-state index is 13.1. The quantitative estimate of drug-likeness (QED) is 0.0222. The van der Waals surface area contributed by atoms with Crippen LogP contribution < -0.4 is 0 Å². The fourth-order valence-corrected chi connectivity index (χ4v) is 13.4. The van der Waals surface area contributed by atoms with Crippen molar-refractivity contribution in [3.63, 3.8) is 0 Å². The monoisotopic (exact) mass is 1420 g/mol. The van der Waals surface area contributed by atoms with Crippen molar-refractivity contribution >= 4 is 39.5 Å². The molecule has 0 fully saturated rings. The lowest BCUT2D eigenvalue weighted by Crippen LogP contribution is -2.30. The summed E-state index contributed by atoms with van der Waals surface area (Å²) < 4.78 is 68.6. The zero-order chi connectivity index (χ0) is 71.7. The van der Waals surface area contributed by atoms with Gasteiger partial charge in [0, 0.05) is 25.7 Å². The second-order valence-corrected chi connectivity index (χ2v) is 32.4. The summed E-state index contributed by atoms with van der Waals surface area (Å²) >= 11 is 0. The number of carbonyl (C=O) groups is 4. The van der Waals surface area contributed by atoms with Gasteiger partial charge in [0.15, 0.2) is 12.2 Å². The fraction of sp³-hybridized carbons (Fsp3) is 0.949. The third-order valence-electron chi connectivity index (χ3n) is 18.8. The predicted octanol–water partition coefficient (Wildman–Crippen LogP) is 22.8. The van der Waals surface area contributed by atoms with E-state index >= 15 is 0 Å². The average Bonchev–Trinajstić information content (AvgIpc) is 1.18. The lowest BCUT2D eigenvalue weighted by atomic mass is 9.99. The van der Waals surface area contributed by atoms with Gasteiger partial charge < -0.3 is 33.8 Å². The van der Waals surface area contributed by atoms with E-state index in [-0.39, 0.29) is 25.7 Å². The van der Waals surface area contributed by atoms with Crippen LogP contribution in [0.15, 0.2) is 0 Å². The van der Waals surface area contributed by atoms with Crippen LogP contribution in [0, 0.1) is 23.7 Å². The Balaban J connectivity index is 5.20. The van der Waals surface area contributed by atoms with Gasteiger partial charge in [-0.15, -0.1) is 0 Å². The van der Waals surface area contributed by atoms with Crippen molar-refractivity contribution in [1.29, 1.82) is 0 Å². The van der Waals surface area contributed by atoms with E-state index in [4.69, 9.17) is 37.0 Å². The number of phosphoric ester groups is 2. The summed E-state index contributed by atoms with van der Waals surface area (Å²) in [6, 6.07) is 0. The molecule has 576 valence electrons. The molecular formula is C78H152O17P2. The molecule has 0 bridgehead atoms. The van der Waals surface area contributed by atoms with Crippen molar-refractivity contribution in [2.75, 3.05) is 39.6 Å². The van der Waals surface area contributed by atoms with Crippen LogP contribution in [0.1, 0.15) is 396 Å². The maximum atomic E-state index is 13.1. The van der Waals surface area contributed by atoms with Crippen LogP contribution in [0.25, 0.3) is 0 Å². The Morgan fingerprint density at radius 1 is 0.289 bits per heavy atom. The Morgan fingerprint density at radius 3 is 0.732 bits per heavy atom. The van der Waals surface area contributed by atoms with Gasteiger partial charge in [0.25, 0.3) is 0 Å².